The minimum atomic E-state index is -4.02. The summed E-state index contributed by atoms with van der Waals surface area (Å²) in [7, 11) is -0.963. The first-order chi connectivity index (χ1) is 12.6. The summed E-state index contributed by atoms with van der Waals surface area (Å²) in [5.41, 5.74) is 0. The smallest absolute Gasteiger partial charge is 0.324 e. The Morgan fingerprint density at radius 1 is 1.19 bits per heavy atom. The van der Waals surface area contributed by atoms with E-state index in [1.54, 1.807) is 13.8 Å². The molecular weight excluding hydrogens is 376 g/mol. The highest BCUT2D eigenvalue weighted by molar-refractivity contribution is 7.89. The molecule has 0 radical (unpaired) electrons. The van der Waals surface area contributed by atoms with E-state index in [4.69, 9.17) is 14.2 Å². The molecule has 10 heteroatoms. The van der Waals surface area contributed by atoms with Crippen LogP contribution in [-0.2, 0) is 24.3 Å². The average Bonchev–Trinajstić information content (AvgIpc) is 2.63. The average molecular weight is 400 g/mol. The zero-order chi connectivity index (χ0) is 20.2. The first kappa shape index (κ1) is 21.0. The number of benzene rings is 1. The standard InChI is InChI=1S/C17H24N2O7S/c1-11(2)16(17(21)26-10-15(20)19(3)4)18-27(22,23)12-5-6-13-14(9-12)25-8-7-24-13/h5-6,9,11,16,18H,7-8,10H2,1-4H3. The van der Waals surface area contributed by atoms with E-state index in [9.17, 15) is 18.0 Å². The van der Waals surface area contributed by atoms with Crippen molar-refractivity contribution in [2.75, 3.05) is 33.9 Å². The van der Waals surface area contributed by atoms with Crippen LogP contribution >= 0.6 is 0 Å². The van der Waals surface area contributed by atoms with Gasteiger partial charge in [0.15, 0.2) is 18.1 Å². The first-order valence-electron chi connectivity index (χ1n) is 8.40. The van der Waals surface area contributed by atoms with Gasteiger partial charge in [0.2, 0.25) is 10.0 Å². The molecule has 1 aliphatic heterocycles. The highest BCUT2D eigenvalue weighted by Crippen LogP contribution is 2.32. The molecule has 1 aromatic rings. The third-order valence-corrected chi connectivity index (χ3v) is 5.30. The van der Waals surface area contributed by atoms with E-state index < -0.39 is 34.5 Å². The van der Waals surface area contributed by atoms with Crippen LogP contribution in [-0.4, -0.2) is 65.2 Å². The van der Waals surface area contributed by atoms with E-state index in [1.165, 1.54) is 37.2 Å². The summed E-state index contributed by atoms with van der Waals surface area (Å²) < 4.78 is 43.5. The zero-order valence-electron chi connectivity index (χ0n) is 15.7. The summed E-state index contributed by atoms with van der Waals surface area (Å²) in [4.78, 5) is 25.1. The Labute approximate surface area is 158 Å². The maximum absolute atomic E-state index is 12.7. The number of amides is 1. The topological polar surface area (TPSA) is 111 Å². The third-order valence-electron chi connectivity index (χ3n) is 3.86. The van der Waals surface area contributed by atoms with E-state index >= 15 is 0 Å². The Morgan fingerprint density at radius 3 is 2.41 bits per heavy atom. The second kappa shape index (κ2) is 8.57. The van der Waals surface area contributed by atoms with Gasteiger partial charge in [-0.2, -0.15) is 4.72 Å². The van der Waals surface area contributed by atoms with Crippen molar-refractivity contribution >= 4 is 21.9 Å². The normalized spacial score (nSPS) is 14.6. The lowest BCUT2D eigenvalue weighted by atomic mass is 10.1. The van der Waals surface area contributed by atoms with Gasteiger partial charge in [-0.25, -0.2) is 8.42 Å². The SMILES string of the molecule is CC(C)C(NS(=O)(=O)c1ccc2c(c1)OCCO2)C(=O)OCC(=O)N(C)C. The van der Waals surface area contributed by atoms with Crippen LogP contribution in [0.25, 0.3) is 0 Å². The van der Waals surface area contributed by atoms with E-state index in [1.807, 2.05) is 0 Å². The molecule has 2 rings (SSSR count). The fourth-order valence-electron chi connectivity index (χ4n) is 2.23. The molecule has 0 fully saturated rings. The molecule has 1 amide bonds. The van der Waals surface area contributed by atoms with Crippen LogP contribution in [0.4, 0.5) is 0 Å². The van der Waals surface area contributed by atoms with Gasteiger partial charge in [0.05, 0.1) is 4.90 Å². The Kier molecular flexibility index (Phi) is 6.66. The van der Waals surface area contributed by atoms with Crippen LogP contribution in [0.5, 0.6) is 11.5 Å². The number of nitrogens with zero attached hydrogens (tertiary/aromatic N) is 1. The molecule has 1 N–H and O–H groups in total. The van der Waals surface area contributed by atoms with Gasteiger partial charge in [-0.05, 0) is 18.1 Å². The Bertz CT molecular complexity index is 805. The number of hydrogen-bond acceptors (Lipinski definition) is 7. The van der Waals surface area contributed by atoms with Crippen molar-refractivity contribution in [3.8, 4) is 11.5 Å². The molecule has 0 spiro atoms. The summed E-state index contributed by atoms with van der Waals surface area (Å²) in [6.07, 6.45) is 0. The highest BCUT2D eigenvalue weighted by atomic mass is 32.2. The summed E-state index contributed by atoms with van der Waals surface area (Å²) in [5, 5.41) is 0. The molecule has 1 aliphatic rings. The molecule has 27 heavy (non-hydrogen) atoms. The molecule has 1 atom stereocenters. The van der Waals surface area contributed by atoms with Gasteiger partial charge in [0.25, 0.3) is 5.91 Å². The molecule has 0 aromatic heterocycles. The van der Waals surface area contributed by atoms with Crippen molar-refractivity contribution in [1.29, 1.82) is 0 Å². The van der Waals surface area contributed by atoms with Gasteiger partial charge in [-0.15, -0.1) is 0 Å². The van der Waals surface area contributed by atoms with Crippen LogP contribution < -0.4 is 14.2 Å². The number of ether oxygens (including phenoxy) is 3. The minimum Gasteiger partial charge on any atom is -0.486 e. The molecule has 0 saturated carbocycles. The fraction of sp³-hybridized carbons (Fsp3) is 0.529. The predicted molar refractivity (Wildman–Crippen MR) is 96.0 cm³/mol. The lowest BCUT2D eigenvalue weighted by molar-refractivity contribution is -0.153. The number of sulfonamides is 1. The second-order valence-corrected chi connectivity index (χ2v) is 8.26. The molecule has 1 unspecified atom stereocenters. The second-order valence-electron chi connectivity index (χ2n) is 6.54. The lowest BCUT2D eigenvalue weighted by Gasteiger charge is -2.22. The van der Waals surface area contributed by atoms with Gasteiger partial charge >= 0.3 is 5.97 Å². The van der Waals surface area contributed by atoms with Crippen molar-refractivity contribution in [2.24, 2.45) is 5.92 Å². The van der Waals surface area contributed by atoms with Crippen molar-refractivity contribution in [3.63, 3.8) is 0 Å². The third kappa shape index (κ3) is 5.33. The maximum atomic E-state index is 12.7. The van der Waals surface area contributed by atoms with E-state index in [2.05, 4.69) is 4.72 Å². The number of hydrogen-bond donors (Lipinski definition) is 1. The predicted octanol–water partition coefficient (Wildman–Crippen LogP) is 0.392. The monoisotopic (exact) mass is 400 g/mol. The van der Waals surface area contributed by atoms with Crippen LogP contribution in [0, 0.1) is 5.92 Å². The Morgan fingerprint density at radius 2 is 1.81 bits per heavy atom. The number of carbonyl (C=O) groups excluding carboxylic acids is 2. The largest absolute Gasteiger partial charge is 0.486 e. The van der Waals surface area contributed by atoms with Crippen molar-refractivity contribution < 1.29 is 32.2 Å². The van der Waals surface area contributed by atoms with Gasteiger partial charge in [0, 0.05) is 20.2 Å². The molecule has 0 aliphatic carbocycles. The molecule has 0 bridgehead atoms. The Balaban J connectivity index is 2.14. The lowest BCUT2D eigenvalue weighted by Crippen LogP contribution is -2.46. The molecule has 1 aromatic carbocycles. The molecule has 1 heterocycles. The minimum absolute atomic E-state index is 0.0606. The van der Waals surface area contributed by atoms with Crippen molar-refractivity contribution in [3.05, 3.63) is 18.2 Å². The Hall–Kier alpha value is -2.33. The van der Waals surface area contributed by atoms with Crippen LogP contribution in [0.2, 0.25) is 0 Å². The first-order valence-corrected chi connectivity index (χ1v) is 9.89. The van der Waals surface area contributed by atoms with Crippen LogP contribution in [0.3, 0.4) is 0 Å². The van der Waals surface area contributed by atoms with Crippen molar-refractivity contribution in [1.82, 2.24) is 9.62 Å². The van der Waals surface area contributed by atoms with Crippen LogP contribution in [0.1, 0.15) is 13.8 Å². The van der Waals surface area contributed by atoms with Gasteiger partial charge < -0.3 is 19.1 Å². The number of fused-ring (bicyclic) bond motifs is 1. The van der Waals surface area contributed by atoms with Crippen LogP contribution in [0.15, 0.2) is 23.1 Å². The van der Waals surface area contributed by atoms with Crippen molar-refractivity contribution in [2.45, 2.75) is 24.8 Å². The fourth-order valence-corrected chi connectivity index (χ4v) is 3.58. The zero-order valence-corrected chi connectivity index (χ0v) is 16.5. The molecule has 9 nitrogen and oxygen atoms in total. The molecule has 0 saturated heterocycles. The number of rotatable bonds is 7. The number of nitrogens with one attached hydrogen (secondary N) is 1. The summed E-state index contributed by atoms with van der Waals surface area (Å²) in [5.74, 6) is -0.826. The van der Waals surface area contributed by atoms with E-state index in [0.717, 1.165) is 0 Å². The van der Waals surface area contributed by atoms with E-state index in [0.29, 0.717) is 24.7 Å². The number of carbonyl (C=O) groups is 2. The summed E-state index contributed by atoms with van der Waals surface area (Å²) >= 11 is 0. The van der Waals surface area contributed by atoms with Gasteiger partial charge in [0.1, 0.15) is 19.3 Å². The maximum Gasteiger partial charge on any atom is 0.324 e. The number of likely N-dealkylation sites (N-methyl/N-ethyl adjacent to an activating group) is 1. The highest BCUT2D eigenvalue weighted by Gasteiger charge is 2.31. The van der Waals surface area contributed by atoms with E-state index in [-0.39, 0.29) is 10.8 Å². The molecular formula is C17H24N2O7S. The molecule has 150 valence electrons. The number of esters is 1. The van der Waals surface area contributed by atoms with Gasteiger partial charge in [-0.3, -0.25) is 9.59 Å². The van der Waals surface area contributed by atoms with Gasteiger partial charge in [-0.1, -0.05) is 13.8 Å². The quantitative estimate of drug-likeness (QED) is 0.659. The summed E-state index contributed by atoms with van der Waals surface area (Å²) in [6.45, 7) is 3.61. The summed E-state index contributed by atoms with van der Waals surface area (Å²) in [6, 6.07) is 3.07.